The van der Waals surface area contributed by atoms with Gasteiger partial charge in [0.1, 0.15) is 22.8 Å². The Hall–Kier alpha value is -5.31. The first-order valence-electron chi connectivity index (χ1n) is 14.5. The van der Waals surface area contributed by atoms with Gasteiger partial charge in [-0.1, -0.05) is 74.0 Å². The van der Waals surface area contributed by atoms with E-state index in [4.69, 9.17) is 10.2 Å². The lowest BCUT2D eigenvalue weighted by Crippen LogP contribution is -2.34. The molecule has 4 aromatic rings. The first kappa shape index (κ1) is 31.6. The topological polar surface area (TPSA) is 128 Å². The SMILES string of the molecule is CCC\C=C/C=N\C(C)=C(/C(=O)NC(C)c1oc2cccc(/C=C/c3cnn(C)c3)c2c(=O)c1-c1ccccc1)C(N)=NC. The molecule has 2 heterocycles. The average Bonchev–Trinajstić information content (AvgIpc) is 3.44. The molecule has 226 valence electrons. The molecule has 3 N–H and O–H groups in total. The van der Waals surface area contributed by atoms with Gasteiger partial charge in [0.15, 0.2) is 0 Å². The molecule has 9 nitrogen and oxygen atoms in total. The van der Waals surface area contributed by atoms with E-state index in [0.29, 0.717) is 39.1 Å². The number of nitrogens with zero attached hydrogens (tertiary/aromatic N) is 4. The van der Waals surface area contributed by atoms with Gasteiger partial charge in [0.2, 0.25) is 5.43 Å². The van der Waals surface area contributed by atoms with Gasteiger partial charge in [-0.15, -0.1) is 0 Å². The smallest absolute Gasteiger partial charge is 0.257 e. The van der Waals surface area contributed by atoms with Crippen molar-refractivity contribution in [1.29, 1.82) is 0 Å². The molecule has 0 aliphatic carbocycles. The summed E-state index contributed by atoms with van der Waals surface area (Å²) in [7, 11) is 3.36. The minimum Gasteiger partial charge on any atom is -0.458 e. The summed E-state index contributed by atoms with van der Waals surface area (Å²) in [6, 6.07) is 14.0. The van der Waals surface area contributed by atoms with Gasteiger partial charge >= 0.3 is 0 Å². The molecule has 0 saturated heterocycles. The van der Waals surface area contributed by atoms with Gasteiger partial charge in [-0.3, -0.25) is 24.3 Å². The van der Waals surface area contributed by atoms with Crippen LogP contribution in [0.3, 0.4) is 0 Å². The molecule has 0 aliphatic rings. The highest BCUT2D eigenvalue weighted by Gasteiger charge is 2.25. The molecule has 0 radical (unpaired) electrons. The predicted octanol–water partition coefficient (Wildman–Crippen LogP) is 6.23. The number of allylic oxidation sites excluding steroid dienone is 3. The highest BCUT2D eigenvalue weighted by Crippen LogP contribution is 2.31. The third-order valence-electron chi connectivity index (χ3n) is 6.99. The molecule has 4 rings (SSSR count). The van der Waals surface area contributed by atoms with Gasteiger partial charge < -0.3 is 15.5 Å². The molecule has 0 bridgehead atoms. The molecule has 0 spiro atoms. The van der Waals surface area contributed by atoms with Crippen molar-refractivity contribution in [2.24, 2.45) is 22.8 Å². The van der Waals surface area contributed by atoms with Gasteiger partial charge in [0.25, 0.3) is 5.91 Å². The van der Waals surface area contributed by atoms with Crippen LogP contribution in [0.15, 0.2) is 104 Å². The fourth-order valence-corrected chi connectivity index (χ4v) is 4.77. The summed E-state index contributed by atoms with van der Waals surface area (Å²) in [5.74, 6) is -0.108. The van der Waals surface area contributed by atoms with Crippen LogP contribution in [-0.4, -0.2) is 34.8 Å². The Kier molecular flexibility index (Phi) is 10.6. The molecular formula is C35H38N6O3. The van der Waals surface area contributed by atoms with Gasteiger partial charge in [-0.05, 0) is 43.5 Å². The third kappa shape index (κ3) is 7.36. The zero-order valence-electron chi connectivity index (χ0n) is 25.7. The molecular weight excluding hydrogens is 552 g/mol. The number of aliphatic imine (C=N–C) groups is 2. The maximum absolute atomic E-state index is 14.3. The number of aromatic nitrogens is 2. The molecule has 1 unspecified atom stereocenters. The number of fused-ring (bicyclic) bond motifs is 1. The Bertz CT molecular complexity index is 1840. The van der Waals surface area contributed by atoms with Crippen LogP contribution in [0, 0.1) is 0 Å². The minimum absolute atomic E-state index is 0.0511. The molecule has 0 aliphatic heterocycles. The normalized spacial score (nSPS) is 13.7. The number of rotatable bonds is 11. The van der Waals surface area contributed by atoms with E-state index in [-0.39, 0.29) is 16.8 Å². The van der Waals surface area contributed by atoms with Crippen molar-refractivity contribution in [3.63, 3.8) is 0 Å². The van der Waals surface area contributed by atoms with E-state index >= 15 is 0 Å². The van der Waals surface area contributed by atoms with Gasteiger partial charge in [-0.25, -0.2) is 0 Å². The molecule has 44 heavy (non-hydrogen) atoms. The maximum Gasteiger partial charge on any atom is 0.257 e. The fraction of sp³-hybridized carbons (Fsp3) is 0.229. The first-order chi connectivity index (χ1) is 21.2. The zero-order chi connectivity index (χ0) is 31.6. The largest absolute Gasteiger partial charge is 0.458 e. The van der Waals surface area contributed by atoms with Crippen LogP contribution in [0.2, 0.25) is 0 Å². The van der Waals surface area contributed by atoms with E-state index in [9.17, 15) is 9.59 Å². The number of unbranched alkanes of at least 4 members (excludes halogenated alkanes) is 1. The summed E-state index contributed by atoms with van der Waals surface area (Å²) >= 11 is 0. The lowest BCUT2D eigenvalue weighted by Gasteiger charge is -2.19. The monoisotopic (exact) mass is 590 g/mol. The number of benzene rings is 2. The Morgan fingerprint density at radius 1 is 1.16 bits per heavy atom. The van der Waals surface area contributed by atoms with Crippen molar-refractivity contribution in [1.82, 2.24) is 15.1 Å². The summed E-state index contributed by atoms with van der Waals surface area (Å²) in [6.45, 7) is 5.56. The zero-order valence-corrected chi connectivity index (χ0v) is 25.7. The highest BCUT2D eigenvalue weighted by atomic mass is 16.3. The Morgan fingerprint density at radius 2 is 1.93 bits per heavy atom. The number of hydrogen-bond donors (Lipinski definition) is 2. The molecule has 1 atom stereocenters. The summed E-state index contributed by atoms with van der Waals surface area (Å²) in [5, 5.41) is 7.61. The van der Waals surface area contributed by atoms with Crippen LogP contribution in [-0.2, 0) is 11.8 Å². The number of aryl methyl sites for hydroxylation is 1. The number of hydrogen-bond acceptors (Lipinski definition) is 6. The van der Waals surface area contributed by atoms with Crippen molar-refractivity contribution < 1.29 is 9.21 Å². The number of amidine groups is 1. The van der Waals surface area contributed by atoms with E-state index in [1.807, 2.05) is 80.0 Å². The van der Waals surface area contributed by atoms with Crippen LogP contribution in [0.4, 0.5) is 0 Å². The van der Waals surface area contributed by atoms with E-state index < -0.39 is 11.9 Å². The Labute approximate surface area is 257 Å². The minimum atomic E-state index is -0.703. The van der Waals surface area contributed by atoms with Crippen LogP contribution in [0.25, 0.3) is 34.2 Å². The van der Waals surface area contributed by atoms with Gasteiger partial charge in [0.05, 0.1) is 28.9 Å². The summed E-state index contributed by atoms with van der Waals surface area (Å²) in [4.78, 5) is 36.3. The molecule has 2 aromatic carbocycles. The van der Waals surface area contributed by atoms with Crippen molar-refractivity contribution in [2.45, 2.75) is 39.7 Å². The van der Waals surface area contributed by atoms with Crippen LogP contribution in [0.5, 0.6) is 0 Å². The van der Waals surface area contributed by atoms with Crippen molar-refractivity contribution in [3.8, 4) is 11.1 Å². The van der Waals surface area contributed by atoms with E-state index in [1.165, 1.54) is 7.05 Å². The number of amides is 1. The number of carbonyl (C=O) groups is 1. The fourth-order valence-electron chi connectivity index (χ4n) is 4.77. The third-order valence-corrected chi connectivity index (χ3v) is 6.99. The second-order valence-electron chi connectivity index (χ2n) is 10.3. The summed E-state index contributed by atoms with van der Waals surface area (Å²) in [6.07, 6.45) is 14.8. The Balaban J connectivity index is 1.79. The lowest BCUT2D eigenvalue weighted by atomic mass is 9.97. The average molecular weight is 591 g/mol. The number of nitrogens with two attached hydrogens (primary N) is 1. The summed E-state index contributed by atoms with van der Waals surface area (Å²) < 4.78 is 8.15. The van der Waals surface area contributed by atoms with Crippen molar-refractivity contribution in [3.05, 3.63) is 111 Å². The predicted molar refractivity (Wildman–Crippen MR) is 179 cm³/mol. The van der Waals surface area contributed by atoms with E-state index in [1.54, 1.807) is 37.0 Å². The number of nitrogens with one attached hydrogen (secondary N) is 1. The highest BCUT2D eigenvalue weighted by molar-refractivity contribution is 6.20. The summed E-state index contributed by atoms with van der Waals surface area (Å²) in [5.41, 5.74) is 9.56. The molecule has 0 fully saturated rings. The molecule has 1 amide bonds. The van der Waals surface area contributed by atoms with Crippen LogP contribution in [0.1, 0.15) is 56.5 Å². The maximum atomic E-state index is 14.3. The molecule has 9 heteroatoms. The first-order valence-corrected chi connectivity index (χ1v) is 14.5. The van der Waals surface area contributed by atoms with E-state index in [0.717, 1.165) is 18.4 Å². The lowest BCUT2D eigenvalue weighted by molar-refractivity contribution is -0.117. The standard InChI is InChI=1S/C35H38N6O3/c1-6-7-8-12-20-38-23(2)29(34(36)37-4)35(43)40-24(3)33-31(26-14-10-9-11-15-26)32(42)30-27(16-13-17-28(30)44-33)19-18-25-21-39-41(5)22-25/h8-22,24H,6-7H2,1-5H3,(H2,36,37)(H,40,43)/b12-8-,19-18+,29-23-,38-20-. The van der Waals surface area contributed by atoms with Crippen LogP contribution >= 0.6 is 0 Å². The van der Waals surface area contributed by atoms with E-state index in [2.05, 4.69) is 27.3 Å². The molecule has 2 aromatic heterocycles. The van der Waals surface area contributed by atoms with Gasteiger partial charge in [-0.2, -0.15) is 5.10 Å². The quantitative estimate of drug-likeness (QED) is 0.122. The second-order valence-corrected chi connectivity index (χ2v) is 10.3. The van der Waals surface area contributed by atoms with Crippen molar-refractivity contribution >= 4 is 41.1 Å². The second kappa shape index (κ2) is 14.7. The van der Waals surface area contributed by atoms with Crippen molar-refractivity contribution in [2.75, 3.05) is 7.05 Å². The Morgan fingerprint density at radius 3 is 2.61 bits per heavy atom. The number of carbonyl (C=O) groups excluding carboxylic acids is 1. The molecule has 0 saturated carbocycles. The van der Waals surface area contributed by atoms with Crippen LogP contribution < -0.4 is 16.5 Å². The van der Waals surface area contributed by atoms with Gasteiger partial charge in [0, 0.05) is 32.1 Å².